The Kier molecular flexibility index (Phi) is 4.26. The first-order chi connectivity index (χ1) is 12.6. The van der Waals surface area contributed by atoms with E-state index in [1.54, 1.807) is 17.1 Å². The van der Waals surface area contributed by atoms with Crippen LogP contribution in [-0.4, -0.2) is 15.9 Å². The van der Waals surface area contributed by atoms with Crippen molar-refractivity contribution in [3.8, 4) is 0 Å². The molecule has 0 saturated heterocycles. The van der Waals surface area contributed by atoms with Gasteiger partial charge in [-0.2, -0.15) is 0 Å². The predicted octanol–water partition coefficient (Wildman–Crippen LogP) is 2.95. The number of hydrogen-bond acceptors (Lipinski definition) is 5. The summed E-state index contributed by atoms with van der Waals surface area (Å²) in [6, 6.07) is 15.5. The molecule has 2 aromatic carbocycles. The van der Waals surface area contributed by atoms with Gasteiger partial charge in [-0.1, -0.05) is 49.2 Å². The molecule has 1 aliphatic carbocycles. The van der Waals surface area contributed by atoms with Gasteiger partial charge in [0.15, 0.2) is 5.82 Å². The Morgan fingerprint density at radius 1 is 1.12 bits per heavy atom. The number of rotatable bonds is 6. The van der Waals surface area contributed by atoms with Crippen LogP contribution < -0.4 is 16.6 Å². The fourth-order valence-electron chi connectivity index (χ4n) is 3.38. The van der Waals surface area contributed by atoms with Gasteiger partial charge in [0.25, 0.3) is 5.91 Å². The van der Waals surface area contributed by atoms with Gasteiger partial charge < -0.3 is 5.73 Å². The summed E-state index contributed by atoms with van der Waals surface area (Å²) in [5.41, 5.74) is 7.54. The standard InChI is InChI=1S/C20H21N5O/c21-19(26)15-7-4-8-16-18(15)23-12-24-20(16)25(22)17(11-13-9-10-13)14-5-2-1-3-6-14/h1-8,12-13,17H,9-11,22H2,(H2,21,26)/t17-/m0/s1. The van der Waals surface area contributed by atoms with Gasteiger partial charge in [0, 0.05) is 5.39 Å². The van der Waals surface area contributed by atoms with Gasteiger partial charge in [-0.05, 0) is 30.0 Å². The summed E-state index contributed by atoms with van der Waals surface area (Å²) < 4.78 is 0. The molecule has 0 aliphatic heterocycles. The number of benzene rings is 2. The zero-order valence-corrected chi connectivity index (χ0v) is 14.4. The smallest absolute Gasteiger partial charge is 0.250 e. The summed E-state index contributed by atoms with van der Waals surface area (Å²) in [5, 5.41) is 2.44. The van der Waals surface area contributed by atoms with Crippen molar-refractivity contribution < 1.29 is 4.79 Å². The summed E-state index contributed by atoms with van der Waals surface area (Å²) >= 11 is 0. The summed E-state index contributed by atoms with van der Waals surface area (Å²) in [5.74, 6) is 7.35. The monoisotopic (exact) mass is 347 g/mol. The number of hydrogen-bond donors (Lipinski definition) is 2. The van der Waals surface area contributed by atoms with Gasteiger partial charge in [0.1, 0.15) is 6.33 Å². The molecule has 0 radical (unpaired) electrons. The SMILES string of the molecule is NC(=O)c1cccc2c(N(N)[C@@H](CC3CC3)c3ccccc3)ncnc12. The van der Waals surface area contributed by atoms with E-state index >= 15 is 0 Å². The minimum Gasteiger partial charge on any atom is -0.366 e. The number of nitrogens with zero attached hydrogens (tertiary/aromatic N) is 3. The van der Waals surface area contributed by atoms with Crippen LogP contribution in [0.5, 0.6) is 0 Å². The van der Waals surface area contributed by atoms with Crippen LogP contribution in [0.3, 0.4) is 0 Å². The Labute approximate surface area is 151 Å². The van der Waals surface area contributed by atoms with Crippen molar-refractivity contribution in [1.82, 2.24) is 9.97 Å². The molecule has 0 unspecified atom stereocenters. The Hall–Kier alpha value is -2.99. The van der Waals surface area contributed by atoms with E-state index in [2.05, 4.69) is 22.1 Å². The molecule has 1 saturated carbocycles. The summed E-state index contributed by atoms with van der Waals surface area (Å²) in [4.78, 5) is 20.4. The second-order valence-corrected chi connectivity index (χ2v) is 6.78. The number of anilines is 1. The number of primary amides is 1. The third-order valence-electron chi connectivity index (χ3n) is 4.93. The van der Waals surface area contributed by atoms with E-state index in [1.807, 2.05) is 24.3 Å². The van der Waals surface area contributed by atoms with Crippen molar-refractivity contribution in [2.24, 2.45) is 17.5 Å². The molecular formula is C20H21N5O. The Morgan fingerprint density at radius 3 is 2.58 bits per heavy atom. The average Bonchev–Trinajstić information content (AvgIpc) is 3.49. The van der Waals surface area contributed by atoms with E-state index in [1.165, 1.54) is 19.2 Å². The molecule has 1 fully saturated rings. The van der Waals surface area contributed by atoms with Crippen LogP contribution in [0, 0.1) is 5.92 Å². The van der Waals surface area contributed by atoms with E-state index in [-0.39, 0.29) is 6.04 Å². The molecule has 1 heterocycles. The van der Waals surface area contributed by atoms with Gasteiger partial charge in [0.2, 0.25) is 0 Å². The van der Waals surface area contributed by atoms with Crippen LogP contribution in [0.15, 0.2) is 54.9 Å². The molecular weight excluding hydrogens is 326 g/mol. The molecule has 6 nitrogen and oxygen atoms in total. The summed E-state index contributed by atoms with van der Waals surface area (Å²) in [6.45, 7) is 0. The Morgan fingerprint density at radius 2 is 1.88 bits per heavy atom. The third kappa shape index (κ3) is 3.11. The third-order valence-corrected chi connectivity index (χ3v) is 4.93. The zero-order valence-electron chi connectivity index (χ0n) is 14.4. The lowest BCUT2D eigenvalue weighted by Gasteiger charge is -2.29. The number of nitrogens with two attached hydrogens (primary N) is 2. The van der Waals surface area contributed by atoms with E-state index < -0.39 is 5.91 Å². The van der Waals surface area contributed by atoms with Crippen molar-refractivity contribution in [3.05, 3.63) is 66.0 Å². The molecule has 6 heteroatoms. The van der Waals surface area contributed by atoms with Gasteiger partial charge in [-0.15, -0.1) is 0 Å². The van der Waals surface area contributed by atoms with Crippen LogP contribution >= 0.6 is 0 Å². The fourth-order valence-corrected chi connectivity index (χ4v) is 3.38. The lowest BCUT2D eigenvalue weighted by atomic mass is 10.00. The van der Waals surface area contributed by atoms with E-state index in [4.69, 9.17) is 11.6 Å². The first-order valence-electron chi connectivity index (χ1n) is 8.77. The molecule has 4 N–H and O–H groups in total. The second kappa shape index (κ2) is 6.72. The second-order valence-electron chi connectivity index (χ2n) is 6.78. The number of aromatic nitrogens is 2. The van der Waals surface area contributed by atoms with E-state index in [0.29, 0.717) is 22.8 Å². The largest absolute Gasteiger partial charge is 0.366 e. The van der Waals surface area contributed by atoms with Crippen LogP contribution in [0.1, 0.15) is 41.2 Å². The maximum atomic E-state index is 11.7. The lowest BCUT2D eigenvalue weighted by molar-refractivity contribution is 0.100. The highest BCUT2D eigenvalue weighted by atomic mass is 16.1. The molecule has 1 aromatic heterocycles. The number of fused-ring (bicyclic) bond motifs is 1. The van der Waals surface area contributed by atoms with Gasteiger partial charge >= 0.3 is 0 Å². The van der Waals surface area contributed by atoms with Crippen LogP contribution in [0.2, 0.25) is 0 Å². The molecule has 1 amide bonds. The maximum absolute atomic E-state index is 11.7. The molecule has 4 rings (SSSR count). The molecule has 0 bridgehead atoms. The molecule has 26 heavy (non-hydrogen) atoms. The number of hydrazine groups is 1. The van der Waals surface area contributed by atoms with Gasteiger partial charge in [0.05, 0.1) is 17.1 Å². The number of carbonyl (C=O) groups excluding carboxylic acids is 1. The average molecular weight is 347 g/mol. The number of para-hydroxylation sites is 1. The molecule has 1 aliphatic rings. The predicted molar refractivity (Wildman–Crippen MR) is 101 cm³/mol. The lowest BCUT2D eigenvalue weighted by Crippen LogP contribution is -2.36. The summed E-state index contributed by atoms with van der Waals surface area (Å²) in [7, 11) is 0. The van der Waals surface area contributed by atoms with Crippen LogP contribution in [0.25, 0.3) is 10.9 Å². The van der Waals surface area contributed by atoms with Crippen molar-refractivity contribution >= 4 is 22.6 Å². The molecule has 0 spiro atoms. The van der Waals surface area contributed by atoms with E-state index in [0.717, 1.165) is 17.4 Å². The van der Waals surface area contributed by atoms with Crippen molar-refractivity contribution in [2.75, 3.05) is 5.01 Å². The van der Waals surface area contributed by atoms with Crippen LogP contribution in [-0.2, 0) is 0 Å². The minimum atomic E-state index is -0.513. The van der Waals surface area contributed by atoms with E-state index in [9.17, 15) is 4.79 Å². The fraction of sp³-hybridized carbons (Fsp3) is 0.250. The zero-order chi connectivity index (χ0) is 18.1. The Bertz CT molecular complexity index is 939. The normalized spacial score (nSPS) is 15.0. The highest BCUT2D eigenvalue weighted by Gasteiger charge is 2.30. The van der Waals surface area contributed by atoms with Gasteiger partial charge in [-0.3, -0.25) is 9.80 Å². The molecule has 3 aromatic rings. The maximum Gasteiger partial charge on any atom is 0.250 e. The topological polar surface area (TPSA) is 98.1 Å². The Balaban J connectivity index is 1.79. The first kappa shape index (κ1) is 16.5. The van der Waals surface area contributed by atoms with Crippen molar-refractivity contribution in [3.63, 3.8) is 0 Å². The quantitative estimate of drug-likeness (QED) is 0.528. The van der Waals surface area contributed by atoms with Gasteiger partial charge in [-0.25, -0.2) is 15.8 Å². The number of carbonyl (C=O) groups is 1. The van der Waals surface area contributed by atoms with Crippen LogP contribution in [0.4, 0.5) is 5.82 Å². The highest BCUT2D eigenvalue weighted by Crippen LogP contribution is 2.41. The summed E-state index contributed by atoms with van der Waals surface area (Å²) in [6.07, 6.45) is 4.89. The molecule has 1 atom stereocenters. The van der Waals surface area contributed by atoms with Crippen molar-refractivity contribution in [1.29, 1.82) is 0 Å². The number of amides is 1. The first-order valence-corrected chi connectivity index (χ1v) is 8.77. The molecule has 132 valence electrons. The van der Waals surface area contributed by atoms with Crippen molar-refractivity contribution in [2.45, 2.75) is 25.3 Å². The highest BCUT2D eigenvalue weighted by molar-refractivity contribution is 6.06. The minimum absolute atomic E-state index is 0.0130.